The van der Waals surface area contributed by atoms with E-state index >= 15 is 0 Å². The average Bonchev–Trinajstić information content (AvgIpc) is 2.82. The van der Waals surface area contributed by atoms with Gasteiger partial charge in [0.2, 0.25) is 5.91 Å². The van der Waals surface area contributed by atoms with Gasteiger partial charge in [-0.2, -0.15) is 18.3 Å². The molecule has 0 bridgehead atoms. The lowest BCUT2D eigenvalue weighted by Gasteiger charge is -2.08. The number of aromatic nitrogens is 2. The van der Waals surface area contributed by atoms with Crippen LogP contribution in [0.5, 0.6) is 0 Å². The maximum atomic E-state index is 13.0. The van der Waals surface area contributed by atoms with Gasteiger partial charge in [-0.05, 0) is 18.2 Å². The summed E-state index contributed by atoms with van der Waals surface area (Å²) >= 11 is 0. The monoisotopic (exact) mass is 302 g/mol. The van der Waals surface area contributed by atoms with E-state index in [-0.39, 0.29) is 11.4 Å². The van der Waals surface area contributed by atoms with Crippen LogP contribution < -0.4 is 11.1 Å². The van der Waals surface area contributed by atoms with E-state index in [4.69, 9.17) is 5.73 Å². The van der Waals surface area contributed by atoms with Crippen LogP contribution in [0.1, 0.15) is 5.56 Å². The van der Waals surface area contributed by atoms with Crippen LogP contribution >= 0.6 is 0 Å². The van der Waals surface area contributed by atoms with Gasteiger partial charge in [0.1, 0.15) is 12.4 Å². The lowest BCUT2D eigenvalue weighted by Crippen LogP contribution is -2.20. The summed E-state index contributed by atoms with van der Waals surface area (Å²) in [5, 5.41) is 5.74. The van der Waals surface area contributed by atoms with Gasteiger partial charge < -0.3 is 11.1 Å². The smallest absolute Gasteiger partial charge is 0.397 e. The zero-order chi connectivity index (χ0) is 15.6. The molecule has 0 atom stereocenters. The molecule has 5 nitrogen and oxygen atoms in total. The second-order valence-electron chi connectivity index (χ2n) is 4.20. The molecule has 2 rings (SSSR count). The van der Waals surface area contributed by atoms with Crippen LogP contribution in [0.15, 0.2) is 30.6 Å². The lowest BCUT2D eigenvalue weighted by atomic mass is 10.2. The Morgan fingerprint density at radius 1 is 1.38 bits per heavy atom. The number of carbonyl (C=O) groups is 1. The van der Waals surface area contributed by atoms with Gasteiger partial charge in [0.15, 0.2) is 0 Å². The van der Waals surface area contributed by atoms with E-state index in [1.807, 2.05) is 0 Å². The normalized spacial score (nSPS) is 11.4. The number of hydrogen-bond acceptors (Lipinski definition) is 3. The standard InChI is InChI=1S/C12H10F4N4O/c13-8-1-2-9(17)10(3-8)19-11(21)6-20-5-7(4-18-20)12(14,15)16/h1-5H,6,17H2,(H,19,21). The molecule has 0 saturated heterocycles. The SMILES string of the molecule is Nc1ccc(F)cc1NC(=O)Cn1cc(C(F)(F)F)cn1. The number of amides is 1. The van der Waals surface area contributed by atoms with E-state index in [1.54, 1.807) is 0 Å². The fourth-order valence-electron chi connectivity index (χ4n) is 1.57. The van der Waals surface area contributed by atoms with Gasteiger partial charge in [0.25, 0.3) is 0 Å². The Labute approximate surface area is 116 Å². The molecule has 21 heavy (non-hydrogen) atoms. The molecular weight excluding hydrogens is 292 g/mol. The van der Waals surface area contributed by atoms with Gasteiger partial charge in [0, 0.05) is 6.20 Å². The molecular formula is C12H10F4N4O. The van der Waals surface area contributed by atoms with E-state index in [1.165, 1.54) is 6.07 Å². The first-order valence-corrected chi connectivity index (χ1v) is 5.70. The van der Waals surface area contributed by atoms with Crippen LogP contribution in [-0.4, -0.2) is 15.7 Å². The van der Waals surface area contributed by atoms with Crippen LogP contribution in [0.3, 0.4) is 0 Å². The van der Waals surface area contributed by atoms with E-state index in [2.05, 4.69) is 10.4 Å². The second kappa shape index (κ2) is 5.43. The number of nitrogens with zero attached hydrogens (tertiary/aromatic N) is 2. The molecule has 0 aliphatic heterocycles. The number of halogens is 4. The Hall–Kier alpha value is -2.58. The number of anilines is 2. The number of nitrogens with two attached hydrogens (primary N) is 1. The lowest BCUT2D eigenvalue weighted by molar-refractivity contribution is -0.137. The number of alkyl halides is 3. The van der Waals surface area contributed by atoms with Crippen molar-refractivity contribution in [3.63, 3.8) is 0 Å². The highest BCUT2D eigenvalue weighted by molar-refractivity contribution is 5.93. The molecule has 0 unspecified atom stereocenters. The predicted octanol–water partition coefficient (Wildman–Crippen LogP) is 2.26. The van der Waals surface area contributed by atoms with Crippen molar-refractivity contribution in [2.24, 2.45) is 0 Å². The molecule has 0 fully saturated rings. The number of hydrogen-bond donors (Lipinski definition) is 2. The molecule has 1 aromatic heterocycles. The Bertz CT molecular complexity index is 666. The van der Waals surface area contributed by atoms with Crippen LogP contribution in [0.25, 0.3) is 0 Å². The Kier molecular flexibility index (Phi) is 3.83. The third-order valence-corrected chi connectivity index (χ3v) is 2.56. The average molecular weight is 302 g/mol. The van der Waals surface area contributed by atoms with Crippen molar-refractivity contribution < 1.29 is 22.4 Å². The predicted molar refractivity (Wildman–Crippen MR) is 66.7 cm³/mol. The van der Waals surface area contributed by atoms with Crippen LogP contribution in [0, 0.1) is 5.82 Å². The Morgan fingerprint density at radius 3 is 2.71 bits per heavy atom. The zero-order valence-electron chi connectivity index (χ0n) is 10.5. The van der Waals surface area contributed by atoms with Gasteiger partial charge in [-0.3, -0.25) is 9.48 Å². The maximum absolute atomic E-state index is 13.0. The molecule has 0 aliphatic carbocycles. The quantitative estimate of drug-likeness (QED) is 0.675. The summed E-state index contributed by atoms with van der Waals surface area (Å²) in [5.74, 6) is -1.28. The van der Waals surface area contributed by atoms with E-state index in [0.29, 0.717) is 12.4 Å². The largest absolute Gasteiger partial charge is 0.419 e. The number of rotatable bonds is 3. The van der Waals surface area contributed by atoms with Crippen molar-refractivity contribution in [2.45, 2.75) is 12.7 Å². The molecule has 9 heteroatoms. The molecule has 1 aromatic carbocycles. The number of nitrogens with one attached hydrogen (secondary N) is 1. The first kappa shape index (κ1) is 14.8. The van der Waals surface area contributed by atoms with Crippen LogP contribution in [0.4, 0.5) is 28.9 Å². The number of nitrogen functional groups attached to an aromatic ring is 1. The third-order valence-electron chi connectivity index (χ3n) is 2.56. The van der Waals surface area contributed by atoms with Crippen LogP contribution in [-0.2, 0) is 17.5 Å². The van der Waals surface area contributed by atoms with Crippen molar-refractivity contribution in [2.75, 3.05) is 11.1 Å². The van der Waals surface area contributed by atoms with Crippen LogP contribution in [0.2, 0.25) is 0 Å². The molecule has 112 valence electrons. The highest BCUT2D eigenvalue weighted by atomic mass is 19.4. The topological polar surface area (TPSA) is 72.9 Å². The molecule has 1 heterocycles. The maximum Gasteiger partial charge on any atom is 0.419 e. The fraction of sp³-hybridized carbons (Fsp3) is 0.167. The zero-order valence-corrected chi connectivity index (χ0v) is 10.5. The first-order valence-electron chi connectivity index (χ1n) is 5.70. The van der Waals surface area contributed by atoms with Crippen molar-refractivity contribution in [1.29, 1.82) is 0 Å². The molecule has 2 aromatic rings. The summed E-state index contributed by atoms with van der Waals surface area (Å²) in [7, 11) is 0. The van der Waals surface area contributed by atoms with E-state index in [9.17, 15) is 22.4 Å². The Balaban J connectivity index is 2.05. The highest BCUT2D eigenvalue weighted by Crippen LogP contribution is 2.28. The van der Waals surface area contributed by atoms with Crippen molar-refractivity contribution in [1.82, 2.24) is 9.78 Å². The Morgan fingerprint density at radius 2 is 2.10 bits per heavy atom. The minimum absolute atomic E-state index is 0.0446. The number of carbonyl (C=O) groups excluding carboxylic acids is 1. The summed E-state index contributed by atoms with van der Waals surface area (Å²) in [6, 6.07) is 3.40. The molecule has 1 amide bonds. The minimum Gasteiger partial charge on any atom is -0.397 e. The first-order chi connectivity index (χ1) is 9.75. The van der Waals surface area contributed by atoms with Gasteiger partial charge >= 0.3 is 6.18 Å². The molecule has 0 aliphatic rings. The van der Waals surface area contributed by atoms with Gasteiger partial charge in [0.05, 0.1) is 23.1 Å². The summed E-state index contributed by atoms with van der Waals surface area (Å²) < 4.78 is 50.9. The molecule has 0 spiro atoms. The molecule has 3 N–H and O–H groups in total. The summed E-state index contributed by atoms with van der Waals surface area (Å²) in [6.07, 6.45) is -3.21. The van der Waals surface area contributed by atoms with E-state index in [0.717, 1.165) is 16.8 Å². The van der Waals surface area contributed by atoms with Crippen molar-refractivity contribution >= 4 is 17.3 Å². The van der Waals surface area contributed by atoms with E-state index < -0.39 is 30.0 Å². The molecule has 0 radical (unpaired) electrons. The summed E-state index contributed by atoms with van der Waals surface area (Å²) in [6.45, 7) is -0.452. The minimum atomic E-state index is -4.53. The van der Waals surface area contributed by atoms with Gasteiger partial charge in [-0.25, -0.2) is 4.39 Å². The van der Waals surface area contributed by atoms with Crippen molar-refractivity contribution in [3.05, 3.63) is 42.0 Å². The summed E-state index contributed by atoms with van der Waals surface area (Å²) in [5.41, 5.74) is 4.77. The number of benzene rings is 1. The van der Waals surface area contributed by atoms with Gasteiger partial charge in [-0.1, -0.05) is 0 Å². The van der Waals surface area contributed by atoms with Crippen molar-refractivity contribution in [3.8, 4) is 0 Å². The highest BCUT2D eigenvalue weighted by Gasteiger charge is 2.32. The fourth-order valence-corrected chi connectivity index (χ4v) is 1.57. The van der Waals surface area contributed by atoms with Gasteiger partial charge in [-0.15, -0.1) is 0 Å². The summed E-state index contributed by atoms with van der Waals surface area (Å²) in [4.78, 5) is 11.7. The third kappa shape index (κ3) is 3.71. The second-order valence-corrected chi connectivity index (χ2v) is 4.20. The molecule has 0 saturated carbocycles.